The molecule has 0 bridgehead atoms. The Kier molecular flexibility index (Phi) is 8.32. The molecule has 0 amide bonds. The Morgan fingerprint density at radius 3 is 2.14 bits per heavy atom. The van der Waals surface area contributed by atoms with Crippen LogP contribution in [0.5, 0.6) is 0 Å². The summed E-state index contributed by atoms with van der Waals surface area (Å²) in [6.45, 7) is 1.66. The molecule has 0 aromatic heterocycles. The van der Waals surface area contributed by atoms with Gasteiger partial charge in [0.2, 0.25) is 0 Å². The summed E-state index contributed by atoms with van der Waals surface area (Å²) in [7, 11) is 0. The van der Waals surface area contributed by atoms with Crippen molar-refractivity contribution in [3.05, 3.63) is 12.2 Å². The number of allylic oxidation sites excluding steroid dienone is 1. The third-order valence-electron chi connectivity index (χ3n) is 0.309. The summed E-state index contributed by atoms with van der Waals surface area (Å²) in [6.07, 6.45) is 2.56. The first-order chi connectivity index (χ1) is 2.77. The summed E-state index contributed by atoms with van der Waals surface area (Å²) in [5.41, 5.74) is 0. The predicted octanol–water partition coefficient (Wildman–Crippen LogP) is -0.537. The minimum atomic E-state index is -0.891. The first-order valence-electron chi connectivity index (χ1n) is 1.63. The molecule has 0 spiro atoms. The fourth-order valence-corrected chi connectivity index (χ4v) is 0.143. The molecule has 0 unspecified atom stereocenters. The summed E-state index contributed by atoms with van der Waals surface area (Å²) in [4.78, 5) is 9.51. The van der Waals surface area contributed by atoms with Crippen molar-refractivity contribution in [2.24, 2.45) is 0 Å². The van der Waals surface area contributed by atoms with Crippen molar-refractivity contribution >= 4 is 25.8 Å². The van der Waals surface area contributed by atoms with Gasteiger partial charge in [0.25, 0.3) is 0 Å². The van der Waals surface area contributed by atoms with Crippen LogP contribution in [0.3, 0.4) is 0 Å². The van der Waals surface area contributed by atoms with Gasteiger partial charge in [-0.2, -0.15) is 0 Å². The molecule has 0 fully saturated rings. The third kappa shape index (κ3) is 10.7. The zero-order valence-electron chi connectivity index (χ0n) is 3.51. The van der Waals surface area contributed by atoms with Gasteiger partial charge < -0.3 is 5.11 Å². The second kappa shape index (κ2) is 5.85. The summed E-state index contributed by atoms with van der Waals surface area (Å²) in [5.74, 6) is -0.891. The molecule has 2 nitrogen and oxygen atoms in total. The molecular weight excluding hydrogens is 150 g/mol. The van der Waals surface area contributed by atoms with E-state index in [1.54, 1.807) is 6.92 Å². The Bertz CT molecular complexity index is 77.8. The van der Waals surface area contributed by atoms with Crippen molar-refractivity contribution in [2.45, 2.75) is 6.92 Å². The first kappa shape index (κ1) is 9.96. The Balaban J connectivity index is 0. The predicted molar refractivity (Wildman–Crippen MR) is 32.4 cm³/mol. The molecule has 0 aliphatic carbocycles. The molecule has 0 saturated carbocycles. The van der Waals surface area contributed by atoms with Crippen LogP contribution in [0.2, 0.25) is 0 Å². The van der Waals surface area contributed by atoms with Crippen LogP contribution in [0.4, 0.5) is 0 Å². The van der Waals surface area contributed by atoms with E-state index in [4.69, 9.17) is 5.11 Å². The van der Waals surface area contributed by atoms with E-state index in [9.17, 15) is 4.79 Å². The van der Waals surface area contributed by atoms with E-state index in [0.717, 1.165) is 6.08 Å². The summed E-state index contributed by atoms with van der Waals surface area (Å²) in [6, 6.07) is 0. The normalized spacial score (nSPS) is 8.14. The van der Waals surface area contributed by atoms with Crippen molar-refractivity contribution in [3.8, 4) is 0 Å². The second-order valence-electron chi connectivity index (χ2n) is 0.838. The summed E-state index contributed by atoms with van der Waals surface area (Å²) < 4.78 is 0. The van der Waals surface area contributed by atoms with E-state index in [0.29, 0.717) is 0 Å². The van der Waals surface area contributed by atoms with E-state index in [-0.39, 0.29) is 19.8 Å². The van der Waals surface area contributed by atoms with Crippen LogP contribution < -0.4 is 0 Å². The van der Waals surface area contributed by atoms with Crippen molar-refractivity contribution in [1.29, 1.82) is 0 Å². The molecule has 0 atom stereocenters. The van der Waals surface area contributed by atoms with E-state index in [1.165, 1.54) is 6.08 Å². The second-order valence-corrected chi connectivity index (χ2v) is 0.838. The molecule has 1 N–H and O–H groups in total. The van der Waals surface area contributed by atoms with Gasteiger partial charge in [-0.1, -0.05) is 6.08 Å². The molecule has 0 aliphatic rings. The zero-order chi connectivity index (χ0) is 4.99. The molecule has 0 heterocycles. The quantitative estimate of drug-likeness (QED) is 0.412. The van der Waals surface area contributed by atoms with Crippen LogP contribution in [0, 0.1) is 0 Å². The van der Waals surface area contributed by atoms with Crippen molar-refractivity contribution in [2.75, 3.05) is 0 Å². The van der Waals surface area contributed by atoms with E-state index < -0.39 is 5.97 Å². The van der Waals surface area contributed by atoms with Gasteiger partial charge in [0.05, 0.1) is 0 Å². The topological polar surface area (TPSA) is 37.3 Å². The Labute approximate surface area is 55.3 Å². The van der Waals surface area contributed by atoms with Crippen LogP contribution in [-0.2, 0) is 4.79 Å². The van der Waals surface area contributed by atoms with Crippen molar-refractivity contribution in [1.82, 2.24) is 0 Å². The van der Waals surface area contributed by atoms with Crippen LogP contribution in [0.1, 0.15) is 6.92 Å². The summed E-state index contributed by atoms with van der Waals surface area (Å²) in [5, 5.41) is 7.83. The van der Waals surface area contributed by atoms with Gasteiger partial charge in [0, 0.05) is 6.08 Å². The Morgan fingerprint density at radius 2 is 2.14 bits per heavy atom. The van der Waals surface area contributed by atoms with Crippen LogP contribution in [0.25, 0.3) is 0 Å². The molecule has 0 aromatic rings. The number of carbonyl (C=O) groups is 1. The van der Waals surface area contributed by atoms with Crippen LogP contribution >= 0.6 is 0 Å². The molecule has 0 aliphatic heterocycles. The first-order valence-corrected chi connectivity index (χ1v) is 1.63. The number of carboxylic acids is 1. The van der Waals surface area contributed by atoms with E-state index in [1.807, 2.05) is 0 Å². The maximum atomic E-state index is 9.51. The number of carboxylic acid groups (broad SMARTS) is 1. The van der Waals surface area contributed by atoms with Gasteiger partial charge >= 0.3 is 25.8 Å². The standard InChI is InChI=1S/C4H6O2.Ga.3H/c1-2-3-4(5)6;;;;/h2-3H,1H3,(H,5,6);;;;/b3-2+;;;;. The number of rotatable bonds is 1. The monoisotopic (exact) mass is 158 g/mol. The molecule has 0 aromatic carbocycles. The van der Waals surface area contributed by atoms with Gasteiger partial charge in [-0.25, -0.2) is 4.79 Å². The summed E-state index contributed by atoms with van der Waals surface area (Å²) >= 11 is 0. The van der Waals surface area contributed by atoms with Crippen molar-refractivity contribution in [3.63, 3.8) is 0 Å². The molecule has 40 valence electrons. The number of hydrogen-bond acceptors (Lipinski definition) is 1. The van der Waals surface area contributed by atoms with Gasteiger partial charge in [0.1, 0.15) is 0 Å². The van der Waals surface area contributed by atoms with Crippen molar-refractivity contribution < 1.29 is 9.90 Å². The number of aliphatic carboxylic acids is 1. The maximum absolute atomic E-state index is 9.51. The third-order valence-corrected chi connectivity index (χ3v) is 0.309. The zero-order valence-corrected chi connectivity index (χ0v) is 3.51. The van der Waals surface area contributed by atoms with E-state index in [2.05, 4.69) is 0 Å². The fourth-order valence-electron chi connectivity index (χ4n) is 0.143. The molecule has 3 heteroatoms. The molecular formula is C4H9GaO2. The van der Waals surface area contributed by atoms with Gasteiger partial charge in [-0.05, 0) is 6.92 Å². The Morgan fingerprint density at radius 1 is 1.71 bits per heavy atom. The number of hydrogen-bond donors (Lipinski definition) is 1. The molecule has 0 rings (SSSR count). The molecule has 0 radical (unpaired) electrons. The Hall–Kier alpha value is -0.154. The average Bonchev–Trinajstić information content (AvgIpc) is 1.35. The minimum absolute atomic E-state index is 0. The molecule has 0 saturated heterocycles. The van der Waals surface area contributed by atoms with Gasteiger partial charge in [0.15, 0.2) is 0 Å². The van der Waals surface area contributed by atoms with Crippen LogP contribution in [-0.4, -0.2) is 30.9 Å². The van der Waals surface area contributed by atoms with Gasteiger partial charge in [-0.15, -0.1) is 0 Å². The average molecular weight is 159 g/mol. The molecule has 7 heavy (non-hydrogen) atoms. The van der Waals surface area contributed by atoms with Gasteiger partial charge in [-0.3, -0.25) is 0 Å². The van der Waals surface area contributed by atoms with E-state index >= 15 is 0 Å². The SMILES string of the molecule is C/C=C/C(=O)O.[GaH3]. The van der Waals surface area contributed by atoms with Crippen LogP contribution in [0.15, 0.2) is 12.2 Å². The fraction of sp³-hybridized carbons (Fsp3) is 0.250.